The van der Waals surface area contributed by atoms with Gasteiger partial charge >= 0.3 is 136 Å². The van der Waals surface area contributed by atoms with Gasteiger partial charge in [0.2, 0.25) is 0 Å². The molecular weight excluding hydrogens is 288 g/mol. The zero-order valence-corrected chi connectivity index (χ0v) is 15.2. The summed E-state index contributed by atoms with van der Waals surface area (Å²) in [6.45, 7) is 4.60. The predicted octanol–water partition coefficient (Wildman–Crippen LogP) is 2.25. The summed E-state index contributed by atoms with van der Waals surface area (Å²) >= 11 is 2.09. The molecule has 0 spiro atoms. The van der Waals surface area contributed by atoms with Crippen LogP contribution in [0.2, 0.25) is 4.55 Å². The molecule has 108 valence electrons. The first-order chi connectivity index (χ1) is 9.72. The van der Waals surface area contributed by atoms with Gasteiger partial charge < -0.3 is 12.4 Å². The van der Waals surface area contributed by atoms with E-state index in [1.807, 2.05) is 0 Å². The molecule has 2 heteroatoms. The molecule has 2 atom stereocenters. The van der Waals surface area contributed by atoms with Gasteiger partial charge in [0.05, 0.1) is 0 Å². The Morgan fingerprint density at radius 1 is 0.952 bits per heavy atom. The minimum absolute atomic E-state index is 0. The Morgan fingerprint density at radius 3 is 2.19 bits per heavy atom. The molecule has 21 heavy (non-hydrogen) atoms. The van der Waals surface area contributed by atoms with Gasteiger partial charge in [-0.3, -0.25) is 0 Å². The second-order valence-corrected chi connectivity index (χ2v) is 6.45. The maximum Gasteiger partial charge on any atom is -1.00 e. The van der Waals surface area contributed by atoms with E-state index in [1.165, 1.54) is 28.5 Å². The fraction of sp³-hybridized carbons (Fsp3) is 0.368. The van der Waals surface area contributed by atoms with Crippen molar-refractivity contribution in [2.24, 2.45) is 0 Å². The van der Waals surface area contributed by atoms with E-state index in [0.717, 1.165) is 0 Å². The van der Waals surface area contributed by atoms with Crippen molar-refractivity contribution in [1.82, 2.24) is 0 Å². The molecule has 0 bridgehead atoms. The number of halogens is 1. The van der Waals surface area contributed by atoms with Gasteiger partial charge in [0.25, 0.3) is 0 Å². The van der Waals surface area contributed by atoms with Crippen molar-refractivity contribution >= 4 is 21.7 Å². The topological polar surface area (TPSA) is 0 Å². The largest absolute Gasteiger partial charge is 1.00 e. The Balaban J connectivity index is 0.00000220. The molecular formula is C19H23ClMg. The first-order valence-electron chi connectivity index (χ1n) is 7.62. The number of aryl methyl sites for hydroxylation is 1. The van der Waals surface area contributed by atoms with Crippen LogP contribution in [0, 0.1) is 6.92 Å². The van der Waals surface area contributed by atoms with Gasteiger partial charge in [-0.2, -0.15) is 0 Å². The van der Waals surface area contributed by atoms with E-state index in [9.17, 15) is 0 Å². The van der Waals surface area contributed by atoms with Crippen LogP contribution in [0.25, 0.3) is 0 Å². The molecule has 0 aliphatic carbocycles. The zero-order chi connectivity index (χ0) is 14.4. The van der Waals surface area contributed by atoms with Crippen LogP contribution in [0.5, 0.6) is 0 Å². The third kappa shape index (κ3) is 5.32. The van der Waals surface area contributed by atoms with E-state index < -0.39 is 0 Å². The second kappa shape index (κ2) is 9.50. The van der Waals surface area contributed by atoms with Crippen LogP contribution in [0.4, 0.5) is 0 Å². The van der Waals surface area contributed by atoms with Crippen LogP contribution in [0.3, 0.4) is 0 Å². The number of hydrogen-bond donors (Lipinski definition) is 0. The Hall–Kier alpha value is -0.504. The van der Waals surface area contributed by atoms with Gasteiger partial charge in [0.1, 0.15) is 0 Å². The van der Waals surface area contributed by atoms with E-state index in [2.05, 4.69) is 90.2 Å². The second-order valence-electron chi connectivity index (χ2n) is 5.74. The van der Waals surface area contributed by atoms with Gasteiger partial charge in [-0.05, 0) is 0 Å². The number of hydrogen-bond acceptors (Lipinski definition) is 0. The smallest absolute Gasteiger partial charge is 1.00 e. The summed E-state index contributed by atoms with van der Waals surface area (Å²) in [6, 6.07) is 19.8. The van der Waals surface area contributed by atoms with Crippen molar-refractivity contribution in [2.75, 3.05) is 0 Å². The quantitative estimate of drug-likeness (QED) is 0.718. The minimum atomic E-state index is 0. The van der Waals surface area contributed by atoms with Crippen LogP contribution in [0.1, 0.15) is 48.3 Å². The summed E-state index contributed by atoms with van der Waals surface area (Å²) in [5, 5.41) is 0. The van der Waals surface area contributed by atoms with Gasteiger partial charge in [0, 0.05) is 0 Å². The molecule has 2 unspecified atom stereocenters. The molecule has 0 radical (unpaired) electrons. The number of rotatable bonds is 6. The van der Waals surface area contributed by atoms with Crippen molar-refractivity contribution in [3.8, 4) is 0 Å². The van der Waals surface area contributed by atoms with Gasteiger partial charge in [-0.15, -0.1) is 0 Å². The third-order valence-corrected chi connectivity index (χ3v) is 4.60. The van der Waals surface area contributed by atoms with E-state index in [1.54, 1.807) is 5.56 Å². The average Bonchev–Trinajstić information content (AvgIpc) is 2.48. The molecule has 0 aliphatic heterocycles. The predicted molar refractivity (Wildman–Crippen MR) is 88.6 cm³/mol. The third-order valence-electron chi connectivity index (χ3n) is 4.19. The molecule has 0 amide bonds. The Kier molecular flexibility index (Phi) is 8.39. The molecule has 0 fully saturated rings. The van der Waals surface area contributed by atoms with Crippen molar-refractivity contribution in [3.63, 3.8) is 0 Å². The standard InChI is InChI=1S/C19H23.ClH.Mg/c1-4-17(19-13-9-8-10-15(19)2)14-16(3)18-11-6-5-7-12-18;;/h5-13,16-17H,1,4,14H2,2-3H3;1H;/q;;+1/p-1. The summed E-state index contributed by atoms with van der Waals surface area (Å²) in [5.41, 5.74) is 4.45. The molecule has 0 saturated carbocycles. The van der Waals surface area contributed by atoms with Crippen LogP contribution >= 0.6 is 0 Å². The van der Waals surface area contributed by atoms with Crippen molar-refractivity contribution in [1.29, 1.82) is 0 Å². The summed E-state index contributed by atoms with van der Waals surface area (Å²) < 4.78 is 1.28. The van der Waals surface area contributed by atoms with Crippen molar-refractivity contribution in [2.45, 2.75) is 43.1 Å². The molecule has 0 aliphatic rings. The molecule has 0 N–H and O–H groups in total. The monoisotopic (exact) mass is 310 g/mol. The first kappa shape index (κ1) is 18.5. The molecule has 0 saturated heterocycles. The molecule has 2 rings (SSSR count). The van der Waals surface area contributed by atoms with Gasteiger partial charge in [-0.25, -0.2) is 0 Å². The molecule has 2 aromatic rings. The summed E-state index contributed by atoms with van der Waals surface area (Å²) in [7, 11) is 0. The van der Waals surface area contributed by atoms with Crippen LogP contribution < -0.4 is 12.4 Å². The zero-order valence-electron chi connectivity index (χ0n) is 13.1. The van der Waals surface area contributed by atoms with Crippen LogP contribution in [-0.4, -0.2) is 21.7 Å². The maximum absolute atomic E-state index is 2.36. The van der Waals surface area contributed by atoms with E-state index in [4.69, 9.17) is 0 Å². The summed E-state index contributed by atoms with van der Waals surface area (Å²) in [5.74, 6) is 1.31. The Bertz CT molecular complexity index is 524. The molecule has 0 aromatic heterocycles. The normalized spacial score (nSPS) is 13.3. The van der Waals surface area contributed by atoms with Gasteiger partial charge in [0.15, 0.2) is 0 Å². The molecule has 0 heterocycles. The van der Waals surface area contributed by atoms with Gasteiger partial charge in [-0.1, -0.05) is 0 Å². The van der Waals surface area contributed by atoms with E-state index in [-0.39, 0.29) is 12.4 Å². The first-order valence-corrected chi connectivity index (χ1v) is 8.62. The number of benzene rings is 2. The fourth-order valence-corrected chi connectivity index (χ4v) is 3.53. The molecule has 2 aromatic carbocycles. The molecule has 0 nitrogen and oxygen atoms in total. The Labute approximate surface area is 148 Å². The van der Waals surface area contributed by atoms with E-state index in [0.29, 0.717) is 11.8 Å². The Morgan fingerprint density at radius 2 is 1.57 bits per heavy atom. The van der Waals surface area contributed by atoms with Crippen molar-refractivity contribution < 1.29 is 12.4 Å². The average molecular weight is 311 g/mol. The SMILES string of the molecule is Cc1ccccc1C(C[CH2][Mg+])CC(C)c1ccccc1.[Cl-]. The minimum Gasteiger partial charge on any atom is -1.00 e. The summed E-state index contributed by atoms with van der Waals surface area (Å²) in [4.78, 5) is 0. The van der Waals surface area contributed by atoms with Crippen LogP contribution in [-0.2, 0) is 0 Å². The summed E-state index contributed by atoms with van der Waals surface area (Å²) in [6.07, 6.45) is 2.54. The maximum atomic E-state index is 2.36. The van der Waals surface area contributed by atoms with Crippen molar-refractivity contribution in [3.05, 3.63) is 71.3 Å². The van der Waals surface area contributed by atoms with E-state index >= 15 is 0 Å². The fourth-order valence-electron chi connectivity index (χ4n) is 3.04. The van der Waals surface area contributed by atoms with Crippen LogP contribution in [0.15, 0.2) is 54.6 Å².